The molecule has 1 aromatic rings. The number of pyridine rings is 1. The van der Waals surface area contributed by atoms with Crippen molar-refractivity contribution in [3.63, 3.8) is 0 Å². The molecule has 5 nitrogen and oxygen atoms in total. The van der Waals surface area contributed by atoms with Crippen molar-refractivity contribution in [2.45, 2.75) is 9.92 Å². The van der Waals surface area contributed by atoms with Gasteiger partial charge in [-0.05, 0) is 12.1 Å². The molecule has 0 spiro atoms. The maximum Gasteiger partial charge on any atom is 0.279 e. The van der Waals surface area contributed by atoms with E-state index in [1.807, 2.05) is 0 Å². The molecule has 0 amide bonds. The standard InChI is InChI=1S/C6H6ClNO4S2/c1-13(9,10)5-3-2-4-8-6(5)14(7,11)12/h2-4H,1H3. The fourth-order valence-electron chi connectivity index (χ4n) is 0.841. The van der Waals surface area contributed by atoms with E-state index in [0.717, 1.165) is 18.5 Å². The minimum Gasteiger partial charge on any atom is -0.242 e. The second-order valence-corrected chi connectivity index (χ2v) is 6.98. The average molecular weight is 256 g/mol. The van der Waals surface area contributed by atoms with E-state index in [2.05, 4.69) is 4.98 Å². The highest BCUT2D eigenvalue weighted by atomic mass is 35.7. The lowest BCUT2D eigenvalue weighted by Crippen LogP contribution is -2.06. The molecule has 78 valence electrons. The maximum absolute atomic E-state index is 11.1. The number of hydrogen-bond acceptors (Lipinski definition) is 5. The number of aromatic nitrogens is 1. The monoisotopic (exact) mass is 255 g/mol. The zero-order valence-electron chi connectivity index (χ0n) is 7.01. The van der Waals surface area contributed by atoms with Crippen LogP contribution in [-0.4, -0.2) is 28.1 Å². The number of nitrogens with zero attached hydrogens (tertiary/aromatic N) is 1. The molecule has 0 aliphatic rings. The Labute approximate surface area is 86.1 Å². The van der Waals surface area contributed by atoms with Crippen molar-refractivity contribution in [2.75, 3.05) is 6.26 Å². The van der Waals surface area contributed by atoms with Gasteiger partial charge in [-0.3, -0.25) is 0 Å². The van der Waals surface area contributed by atoms with Gasteiger partial charge >= 0.3 is 0 Å². The van der Waals surface area contributed by atoms with E-state index in [9.17, 15) is 16.8 Å². The van der Waals surface area contributed by atoms with Gasteiger partial charge in [-0.15, -0.1) is 0 Å². The van der Waals surface area contributed by atoms with Gasteiger partial charge in [0.15, 0.2) is 14.9 Å². The molecule has 1 heterocycles. The zero-order chi connectivity index (χ0) is 11.0. The van der Waals surface area contributed by atoms with Crippen molar-refractivity contribution >= 4 is 29.6 Å². The van der Waals surface area contributed by atoms with Gasteiger partial charge in [-0.25, -0.2) is 21.8 Å². The normalized spacial score (nSPS) is 12.7. The molecule has 1 rings (SSSR count). The molecule has 1 aromatic heterocycles. The summed E-state index contributed by atoms with van der Waals surface area (Å²) in [5.74, 6) is 0. The van der Waals surface area contributed by atoms with Crippen LogP contribution in [0, 0.1) is 0 Å². The van der Waals surface area contributed by atoms with Crippen LogP contribution in [0.3, 0.4) is 0 Å². The van der Waals surface area contributed by atoms with E-state index >= 15 is 0 Å². The van der Waals surface area contributed by atoms with E-state index in [4.69, 9.17) is 10.7 Å². The highest BCUT2D eigenvalue weighted by molar-refractivity contribution is 8.14. The van der Waals surface area contributed by atoms with Crippen LogP contribution in [-0.2, 0) is 18.9 Å². The molecule has 0 fully saturated rings. The Bertz CT molecular complexity index is 498. The molecule has 0 radical (unpaired) electrons. The number of sulfone groups is 1. The highest BCUT2D eigenvalue weighted by Gasteiger charge is 2.22. The maximum atomic E-state index is 11.1. The molecule has 0 aromatic carbocycles. The summed E-state index contributed by atoms with van der Waals surface area (Å²) in [6, 6.07) is 2.46. The van der Waals surface area contributed by atoms with Crippen molar-refractivity contribution in [3.8, 4) is 0 Å². The summed E-state index contributed by atoms with van der Waals surface area (Å²) < 4.78 is 44.2. The lowest BCUT2D eigenvalue weighted by atomic mass is 10.5. The molecule has 0 unspecified atom stereocenters. The van der Waals surface area contributed by atoms with Crippen molar-refractivity contribution in [2.24, 2.45) is 0 Å². The molecular formula is C6H6ClNO4S2. The Morgan fingerprint density at radius 2 is 1.86 bits per heavy atom. The van der Waals surface area contributed by atoms with Crippen LogP contribution in [0.15, 0.2) is 28.3 Å². The first-order valence-corrected chi connectivity index (χ1v) is 7.53. The molecule has 0 aliphatic carbocycles. The fourth-order valence-corrected chi connectivity index (χ4v) is 3.32. The Kier molecular flexibility index (Phi) is 2.84. The Morgan fingerprint density at radius 3 is 2.21 bits per heavy atom. The molecule has 14 heavy (non-hydrogen) atoms. The van der Waals surface area contributed by atoms with Crippen LogP contribution < -0.4 is 0 Å². The molecule has 0 saturated heterocycles. The smallest absolute Gasteiger partial charge is 0.242 e. The molecule has 0 aliphatic heterocycles. The van der Waals surface area contributed by atoms with Crippen molar-refractivity contribution in [1.82, 2.24) is 4.98 Å². The molecule has 8 heteroatoms. The Balaban J connectivity index is 3.64. The number of hydrogen-bond donors (Lipinski definition) is 0. The lowest BCUT2D eigenvalue weighted by molar-refractivity contribution is 0.588. The second kappa shape index (κ2) is 3.48. The summed E-state index contributed by atoms with van der Waals surface area (Å²) in [6.45, 7) is 0. The largest absolute Gasteiger partial charge is 0.279 e. The van der Waals surface area contributed by atoms with Gasteiger partial charge in [0.05, 0.1) is 0 Å². The summed E-state index contributed by atoms with van der Waals surface area (Å²) in [5.41, 5.74) is 0. The SMILES string of the molecule is CS(=O)(=O)c1cccnc1S(=O)(=O)Cl. The van der Waals surface area contributed by atoms with E-state index in [-0.39, 0.29) is 0 Å². The molecule has 0 saturated carbocycles. The average Bonchev–Trinajstić information content (AvgIpc) is 2.01. The minimum absolute atomic E-state index is 0.394. The first kappa shape index (κ1) is 11.4. The van der Waals surface area contributed by atoms with E-state index in [0.29, 0.717) is 0 Å². The first-order chi connectivity index (χ1) is 6.23. The summed E-state index contributed by atoms with van der Waals surface area (Å²) in [5, 5.41) is -0.635. The minimum atomic E-state index is -4.13. The van der Waals surface area contributed by atoms with Crippen molar-refractivity contribution in [1.29, 1.82) is 0 Å². The van der Waals surface area contributed by atoms with Gasteiger partial charge in [-0.1, -0.05) is 0 Å². The van der Waals surface area contributed by atoms with Crippen LogP contribution in [0.25, 0.3) is 0 Å². The second-order valence-electron chi connectivity index (χ2n) is 2.52. The molecule has 0 N–H and O–H groups in total. The third-order valence-electron chi connectivity index (χ3n) is 1.37. The van der Waals surface area contributed by atoms with Crippen LogP contribution in [0.1, 0.15) is 0 Å². The highest BCUT2D eigenvalue weighted by Crippen LogP contribution is 2.20. The quantitative estimate of drug-likeness (QED) is 0.715. The molecular weight excluding hydrogens is 250 g/mol. The van der Waals surface area contributed by atoms with Gasteiger partial charge in [0.25, 0.3) is 9.05 Å². The predicted molar refractivity (Wildman–Crippen MR) is 50.4 cm³/mol. The summed E-state index contributed by atoms with van der Waals surface area (Å²) in [7, 11) is -2.76. The number of rotatable bonds is 2. The van der Waals surface area contributed by atoms with Gasteiger partial charge in [0.1, 0.15) is 4.90 Å². The summed E-state index contributed by atoms with van der Waals surface area (Å²) in [4.78, 5) is 3.02. The first-order valence-electron chi connectivity index (χ1n) is 3.32. The Hall–Kier alpha value is -0.660. The summed E-state index contributed by atoms with van der Waals surface area (Å²) in [6.07, 6.45) is 2.04. The third kappa shape index (κ3) is 2.43. The van der Waals surface area contributed by atoms with Gasteiger partial charge in [-0.2, -0.15) is 0 Å². The zero-order valence-corrected chi connectivity index (χ0v) is 9.40. The van der Waals surface area contributed by atoms with Crippen molar-refractivity contribution in [3.05, 3.63) is 18.3 Å². The van der Waals surface area contributed by atoms with Crippen LogP contribution in [0.2, 0.25) is 0 Å². The third-order valence-corrected chi connectivity index (χ3v) is 3.85. The van der Waals surface area contributed by atoms with E-state index in [1.54, 1.807) is 0 Å². The van der Waals surface area contributed by atoms with Crippen LogP contribution >= 0.6 is 10.7 Å². The van der Waals surface area contributed by atoms with E-state index in [1.165, 1.54) is 6.07 Å². The predicted octanol–water partition coefficient (Wildman–Crippen LogP) is 0.413. The van der Waals surface area contributed by atoms with Gasteiger partial charge in [0, 0.05) is 23.1 Å². The topological polar surface area (TPSA) is 81.2 Å². The molecule has 0 bridgehead atoms. The van der Waals surface area contributed by atoms with E-state index < -0.39 is 28.8 Å². The lowest BCUT2D eigenvalue weighted by Gasteiger charge is -2.01. The van der Waals surface area contributed by atoms with Crippen LogP contribution in [0.5, 0.6) is 0 Å². The van der Waals surface area contributed by atoms with Crippen molar-refractivity contribution < 1.29 is 16.8 Å². The summed E-state index contributed by atoms with van der Waals surface area (Å²) >= 11 is 0. The number of halogens is 1. The van der Waals surface area contributed by atoms with Gasteiger partial charge in [0.2, 0.25) is 0 Å². The molecule has 0 atom stereocenters. The Morgan fingerprint density at radius 1 is 1.29 bits per heavy atom. The van der Waals surface area contributed by atoms with Gasteiger partial charge < -0.3 is 0 Å². The van der Waals surface area contributed by atoms with Crippen LogP contribution in [0.4, 0.5) is 0 Å². The fraction of sp³-hybridized carbons (Fsp3) is 0.167.